The summed E-state index contributed by atoms with van der Waals surface area (Å²) >= 11 is 0. The number of carbonyl (C=O) groups excluding carboxylic acids is 3. The smallest absolute Gasteiger partial charge is 0.407 e. The SMILES string of the molecule is CC[C@H](C)[C@H](NC(=O)OC)C(=O)N1C[C@@H](C)C[C@H]1c1ncc(-c2ccc3c(c2)COc2cc4c(ccc5nc([C@@H]6C[C@H](COC)CN6C(O)[C@H](NC(=O)OC)c6ccccc6)[nH]c54)cc2-3)[nH]1. The second kappa shape index (κ2) is 18.8. The van der Waals surface area contributed by atoms with Crippen LogP contribution in [-0.4, -0.2) is 106 Å². The van der Waals surface area contributed by atoms with Crippen LogP contribution in [0.2, 0.25) is 0 Å². The average Bonchev–Trinajstić information content (AvgIpc) is 4.17. The number of aromatic nitrogens is 4. The number of hydrogen-bond acceptors (Lipinski definition) is 11. The van der Waals surface area contributed by atoms with E-state index >= 15 is 0 Å². The maximum atomic E-state index is 14.0. The number of hydrogen-bond donors (Lipinski definition) is 5. The second-order valence-electron chi connectivity index (χ2n) is 18.0. The first-order chi connectivity index (χ1) is 32.0. The lowest BCUT2D eigenvalue weighted by Gasteiger charge is -2.34. The number of nitrogens with zero attached hydrogens (tertiary/aromatic N) is 4. The van der Waals surface area contributed by atoms with E-state index in [1.54, 1.807) is 7.11 Å². The Labute approximate surface area is 383 Å². The number of H-pyrrole nitrogens is 2. The van der Waals surface area contributed by atoms with Crippen molar-refractivity contribution in [2.45, 2.75) is 77.0 Å². The summed E-state index contributed by atoms with van der Waals surface area (Å²) in [5.41, 5.74) is 7.31. The maximum absolute atomic E-state index is 14.0. The standard InChI is InChI=1S/C50H58N8O8/c1-7-28(3)42(55-49(61)64-5)47(59)57-23-27(2)17-39(57)45-51-22-38(53-45)32-13-15-34-33(19-32)26-66-41-21-35-31(20-36(34)41)14-16-37-44(35)54-46(52-37)40-18-29(25-63-4)24-58(40)48(60)43(56-50(62)65-6)30-11-9-8-10-12-30/h8-16,19-22,27-29,39-40,42-43,48,60H,7,17-18,23-26H2,1-6H3,(H,51,53)(H,52,54)(H,55,61)(H,56,62)/t27-,28-,29-,39-,40-,42-,43+,48?/m0/s1. The van der Waals surface area contributed by atoms with Crippen molar-refractivity contribution >= 4 is 39.9 Å². The first-order valence-corrected chi connectivity index (χ1v) is 22.7. The quantitative estimate of drug-likeness (QED) is 0.0760. The van der Waals surface area contributed by atoms with E-state index in [2.05, 4.69) is 63.9 Å². The summed E-state index contributed by atoms with van der Waals surface area (Å²) in [4.78, 5) is 59.6. The molecule has 5 N–H and O–H groups in total. The van der Waals surface area contributed by atoms with Crippen molar-refractivity contribution in [2.75, 3.05) is 41.0 Å². The van der Waals surface area contributed by atoms with E-state index in [9.17, 15) is 19.5 Å². The second-order valence-corrected chi connectivity index (χ2v) is 18.0. The fraction of sp³-hybridized carbons (Fsp3) is 0.420. The van der Waals surface area contributed by atoms with Crippen LogP contribution in [0.4, 0.5) is 9.59 Å². The van der Waals surface area contributed by atoms with Crippen LogP contribution in [0.25, 0.3) is 44.2 Å². The summed E-state index contributed by atoms with van der Waals surface area (Å²) in [7, 11) is 4.29. The Hall–Kier alpha value is -6.49. The molecule has 0 aliphatic carbocycles. The molecule has 346 valence electrons. The van der Waals surface area contributed by atoms with Gasteiger partial charge in [-0.05, 0) is 82.5 Å². The van der Waals surface area contributed by atoms with E-state index in [1.165, 1.54) is 14.2 Å². The first-order valence-electron chi connectivity index (χ1n) is 22.7. The largest absolute Gasteiger partial charge is 0.488 e. The number of fused-ring (bicyclic) bond motifs is 6. The van der Waals surface area contributed by atoms with E-state index in [4.69, 9.17) is 28.9 Å². The molecule has 5 heterocycles. The molecule has 6 aromatic rings. The van der Waals surface area contributed by atoms with Crippen molar-refractivity contribution in [1.82, 2.24) is 40.4 Å². The summed E-state index contributed by atoms with van der Waals surface area (Å²) in [6, 6.07) is 22.0. The molecular weight excluding hydrogens is 841 g/mol. The monoisotopic (exact) mass is 898 g/mol. The lowest BCUT2D eigenvalue weighted by molar-refractivity contribution is -0.135. The Morgan fingerprint density at radius 1 is 0.909 bits per heavy atom. The van der Waals surface area contributed by atoms with Crippen molar-refractivity contribution in [3.05, 3.63) is 102 Å². The molecule has 2 aromatic heterocycles. The zero-order valence-electron chi connectivity index (χ0n) is 38.2. The molecule has 66 heavy (non-hydrogen) atoms. The van der Waals surface area contributed by atoms with Gasteiger partial charge in [0.2, 0.25) is 5.91 Å². The van der Waals surface area contributed by atoms with Crippen LogP contribution >= 0.6 is 0 Å². The van der Waals surface area contributed by atoms with Crippen LogP contribution in [0.1, 0.15) is 80.9 Å². The molecular formula is C50H58N8O8. The number of imidazole rings is 2. The molecule has 16 nitrogen and oxygen atoms in total. The lowest BCUT2D eigenvalue weighted by Crippen LogP contribution is -2.51. The molecule has 4 aromatic carbocycles. The summed E-state index contributed by atoms with van der Waals surface area (Å²) < 4.78 is 21.9. The molecule has 3 aliphatic rings. The van der Waals surface area contributed by atoms with Crippen molar-refractivity contribution < 1.29 is 38.4 Å². The van der Waals surface area contributed by atoms with Crippen LogP contribution in [0.3, 0.4) is 0 Å². The van der Waals surface area contributed by atoms with Crippen molar-refractivity contribution in [3.63, 3.8) is 0 Å². The fourth-order valence-corrected chi connectivity index (χ4v) is 10.1. The number of amides is 3. The van der Waals surface area contributed by atoms with Gasteiger partial charge in [-0.3, -0.25) is 9.69 Å². The predicted octanol–water partition coefficient (Wildman–Crippen LogP) is 7.77. The highest BCUT2D eigenvalue weighted by atomic mass is 16.5. The zero-order valence-corrected chi connectivity index (χ0v) is 38.2. The number of aliphatic hydroxyl groups excluding tert-OH is 1. The zero-order chi connectivity index (χ0) is 46.2. The molecule has 9 rings (SSSR count). The van der Waals surface area contributed by atoms with Gasteiger partial charge in [-0.2, -0.15) is 0 Å². The topological polar surface area (TPSA) is 196 Å². The van der Waals surface area contributed by atoms with Crippen LogP contribution < -0.4 is 15.4 Å². The van der Waals surface area contributed by atoms with Crippen molar-refractivity contribution in [3.8, 4) is 28.1 Å². The number of methoxy groups -OCH3 is 3. The molecule has 0 radical (unpaired) electrons. The molecule has 3 amide bonds. The van der Waals surface area contributed by atoms with Crippen LogP contribution in [0, 0.1) is 17.8 Å². The summed E-state index contributed by atoms with van der Waals surface area (Å²) in [6.45, 7) is 8.07. The fourth-order valence-electron chi connectivity index (χ4n) is 10.1. The van der Waals surface area contributed by atoms with Gasteiger partial charge >= 0.3 is 12.2 Å². The number of nitrogens with one attached hydrogen (secondary N) is 4. The maximum Gasteiger partial charge on any atom is 0.407 e. The third kappa shape index (κ3) is 8.56. The molecule has 0 spiro atoms. The lowest BCUT2D eigenvalue weighted by atomic mass is 9.92. The van der Waals surface area contributed by atoms with Gasteiger partial charge < -0.3 is 49.6 Å². The third-order valence-corrected chi connectivity index (χ3v) is 13.7. The Balaban J connectivity index is 0.978. The number of carbonyl (C=O) groups is 3. The number of aromatic amines is 2. The minimum absolute atomic E-state index is 0.0798. The molecule has 2 saturated heterocycles. The average molecular weight is 899 g/mol. The van der Waals surface area contributed by atoms with E-state index in [1.807, 2.05) is 66.2 Å². The molecule has 0 saturated carbocycles. The minimum atomic E-state index is -1.09. The molecule has 0 bridgehead atoms. The number of ether oxygens (including phenoxy) is 4. The highest BCUT2D eigenvalue weighted by Gasteiger charge is 2.43. The molecule has 1 unspecified atom stereocenters. The Kier molecular flexibility index (Phi) is 12.7. The third-order valence-electron chi connectivity index (χ3n) is 13.7. The molecule has 3 aliphatic heterocycles. The van der Waals surface area contributed by atoms with Gasteiger partial charge in [-0.15, -0.1) is 0 Å². The van der Waals surface area contributed by atoms with E-state index in [0.29, 0.717) is 44.4 Å². The predicted molar refractivity (Wildman–Crippen MR) is 248 cm³/mol. The summed E-state index contributed by atoms with van der Waals surface area (Å²) in [5, 5.41) is 19.6. The van der Waals surface area contributed by atoms with Crippen LogP contribution in [0.15, 0.2) is 79.0 Å². The van der Waals surface area contributed by atoms with Gasteiger partial charge in [0.05, 0.1) is 61.9 Å². The van der Waals surface area contributed by atoms with Crippen molar-refractivity contribution in [2.24, 2.45) is 17.8 Å². The molecule has 8 atom stereocenters. The number of aliphatic hydroxyl groups is 1. The Morgan fingerprint density at radius 2 is 1.70 bits per heavy atom. The van der Waals surface area contributed by atoms with Gasteiger partial charge in [0, 0.05) is 31.1 Å². The van der Waals surface area contributed by atoms with Gasteiger partial charge in [-0.25, -0.2) is 19.6 Å². The van der Waals surface area contributed by atoms with Crippen LogP contribution in [0.5, 0.6) is 5.75 Å². The highest BCUT2D eigenvalue weighted by Crippen LogP contribution is 2.44. The first kappa shape index (κ1) is 44.7. The van der Waals surface area contributed by atoms with Crippen LogP contribution in [-0.2, 0) is 25.6 Å². The number of alkyl carbamates (subject to hydrolysis) is 2. The molecule has 16 heteroatoms. The summed E-state index contributed by atoms with van der Waals surface area (Å²) in [6.07, 6.45) is 1.62. The number of rotatable bonds is 13. The van der Waals surface area contributed by atoms with E-state index in [0.717, 1.165) is 73.9 Å². The normalized spacial score (nSPS) is 21.1. The number of benzene rings is 4. The van der Waals surface area contributed by atoms with E-state index in [-0.39, 0.29) is 35.7 Å². The summed E-state index contributed by atoms with van der Waals surface area (Å²) in [5.74, 6) is 2.35. The molecule has 2 fully saturated rings. The van der Waals surface area contributed by atoms with Gasteiger partial charge in [0.15, 0.2) is 0 Å². The van der Waals surface area contributed by atoms with Gasteiger partial charge in [0.25, 0.3) is 0 Å². The highest BCUT2D eigenvalue weighted by molar-refractivity contribution is 6.07. The van der Waals surface area contributed by atoms with Crippen molar-refractivity contribution in [1.29, 1.82) is 0 Å². The van der Waals surface area contributed by atoms with Gasteiger partial charge in [0.1, 0.15) is 36.3 Å². The van der Waals surface area contributed by atoms with E-state index < -0.39 is 30.5 Å². The number of likely N-dealkylation sites (tertiary alicyclic amines) is 2. The van der Waals surface area contributed by atoms with Gasteiger partial charge in [-0.1, -0.05) is 75.7 Å². The Bertz CT molecular complexity index is 2740. The minimum Gasteiger partial charge on any atom is -0.488 e. The Morgan fingerprint density at radius 3 is 2.45 bits per heavy atom.